The van der Waals surface area contributed by atoms with Crippen LogP contribution in [0.2, 0.25) is 0 Å². The monoisotopic (exact) mass is 488 g/mol. The van der Waals surface area contributed by atoms with Crippen LogP contribution < -0.4 is 0 Å². The number of rotatable bonds is 5. The van der Waals surface area contributed by atoms with Gasteiger partial charge in [-0.05, 0) is 30.8 Å². The first kappa shape index (κ1) is 23.1. The molecule has 3 heterocycles. The van der Waals surface area contributed by atoms with E-state index in [1.165, 1.54) is 0 Å². The summed E-state index contributed by atoms with van der Waals surface area (Å²) in [4.78, 5) is 25.5. The number of carbonyl (C=O) groups excluding carboxylic acids is 1. The molecule has 1 N–H and O–H groups in total. The highest BCUT2D eigenvalue weighted by molar-refractivity contribution is 5.95. The van der Waals surface area contributed by atoms with Crippen LogP contribution in [0.3, 0.4) is 0 Å². The fraction of sp³-hybridized carbons (Fsp3) is 0.200. The van der Waals surface area contributed by atoms with E-state index in [1.54, 1.807) is 0 Å². The fourth-order valence-electron chi connectivity index (χ4n) is 4.84. The molecule has 6 rings (SSSR count). The van der Waals surface area contributed by atoms with Crippen molar-refractivity contribution in [2.45, 2.75) is 6.42 Å². The minimum Gasteiger partial charge on any atom is -0.361 e. The predicted octanol–water partition coefficient (Wildman–Crippen LogP) is 4.67. The highest BCUT2D eigenvalue weighted by atomic mass is 16.2. The van der Waals surface area contributed by atoms with Gasteiger partial charge in [-0.1, -0.05) is 60.7 Å². The van der Waals surface area contributed by atoms with E-state index in [9.17, 15) is 4.79 Å². The van der Waals surface area contributed by atoms with Crippen LogP contribution in [0.4, 0.5) is 0 Å². The Labute approximate surface area is 215 Å². The summed E-state index contributed by atoms with van der Waals surface area (Å²) < 4.78 is 0. The third kappa shape index (κ3) is 4.73. The second kappa shape index (κ2) is 9.95. The van der Waals surface area contributed by atoms with Crippen molar-refractivity contribution in [3.8, 4) is 22.5 Å². The highest BCUT2D eigenvalue weighted by Crippen LogP contribution is 2.29. The van der Waals surface area contributed by atoms with Gasteiger partial charge in [0, 0.05) is 66.4 Å². The van der Waals surface area contributed by atoms with Crippen molar-refractivity contribution in [2.24, 2.45) is 0 Å². The maximum Gasteiger partial charge on any atom is 0.253 e. The number of hydrogen-bond donors (Lipinski definition) is 1. The molecule has 0 atom stereocenters. The van der Waals surface area contributed by atoms with Gasteiger partial charge in [0.25, 0.3) is 5.91 Å². The van der Waals surface area contributed by atoms with Crippen LogP contribution in [0.1, 0.15) is 21.7 Å². The molecule has 5 aromatic rings. The van der Waals surface area contributed by atoms with Crippen LogP contribution in [-0.2, 0) is 6.42 Å². The van der Waals surface area contributed by atoms with Crippen LogP contribution in [0.25, 0.3) is 33.4 Å². The van der Waals surface area contributed by atoms with Crippen molar-refractivity contribution < 1.29 is 4.79 Å². The minimum absolute atomic E-state index is 0.0706. The molecule has 0 aliphatic carbocycles. The Balaban J connectivity index is 1.32. The number of benzene rings is 3. The van der Waals surface area contributed by atoms with Gasteiger partial charge in [0.05, 0.1) is 0 Å². The van der Waals surface area contributed by atoms with Crippen molar-refractivity contribution >= 4 is 16.8 Å². The van der Waals surface area contributed by atoms with Gasteiger partial charge in [-0.15, -0.1) is 10.2 Å². The molecule has 1 fully saturated rings. The van der Waals surface area contributed by atoms with E-state index >= 15 is 0 Å². The molecule has 2 aromatic heterocycles. The number of para-hydroxylation sites is 1. The zero-order valence-corrected chi connectivity index (χ0v) is 20.8. The first-order valence-electron chi connectivity index (χ1n) is 12.6. The summed E-state index contributed by atoms with van der Waals surface area (Å²) in [6, 6.07) is 25.9. The zero-order chi connectivity index (χ0) is 25.2. The lowest BCUT2D eigenvalue weighted by atomic mass is 10.0. The largest absolute Gasteiger partial charge is 0.361 e. The molecule has 184 valence electrons. The second-order valence-corrected chi connectivity index (χ2v) is 9.50. The summed E-state index contributed by atoms with van der Waals surface area (Å²) >= 11 is 0. The molecule has 1 amide bonds. The number of H-pyrrole nitrogens is 1. The van der Waals surface area contributed by atoms with Crippen molar-refractivity contribution in [3.63, 3.8) is 0 Å². The van der Waals surface area contributed by atoms with Gasteiger partial charge in [-0.25, -0.2) is 4.98 Å². The molecule has 1 saturated heterocycles. The number of aromatic amines is 1. The molecule has 0 unspecified atom stereocenters. The van der Waals surface area contributed by atoms with Crippen LogP contribution in [0.15, 0.2) is 85.1 Å². The summed E-state index contributed by atoms with van der Waals surface area (Å²) in [7, 11) is 2.09. The van der Waals surface area contributed by atoms with Gasteiger partial charge in [0.2, 0.25) is 0 Å². The van der Waals surface area contributed by atoms with Crippen LogP contribution >= 0.6 is 0 Å². The average Bonchev–Trinajstić information content (AvgIpc) is 3.36. The van der Waals surface area contributed by atoms with Crippen molar-refractivity contribution in [3.05, 3.63) is 102 Å². The van der Waals surface area contributed by atoms with Gasteiger partial charge in [-0.3, -0.25) is 4.79 Å². The number of likely N-dealkylation sites (N-methyl/N-ethyl adjacent to an activating group) is 1. The number of amides is 1. The topological polar surface area (TPSA) is 78.0 Å². The summed E-state index contributed by atoms with van der Waals surface area (Å²) in [5, 5.41) is 10.3. The number of aromatic nitrogens is 4. The molecule has 7 nitrogen and oxygen atoms in total. The molecule has 0 saturated carbocycles. The van der Waals surface area contributed by atoms with Crippen molar-refractivity contribution in [1.82, 2.24) is 30.0 Å². The summed E-state index contributed by atoms with van der Waals surface area (Å²) in [5.74, 6) is 0.732. The number of fused-ring (bicyclic) bond motifs is 1. The van der Waals surface area contributed by atoms with Gasteiger partial charge in [0.1, 0.15) is 11.4 Å². The second-order valence-electron chi connectivity index (χ2n) is 9.50. The third-order valence-corrected chi connectivity index (χ3v) is 7.00. The molecule has 1 aliphatic rings. The molecule has 7 heteroatoms. The van der Waals surface area contributed by atoms with Crippen LogP contribution in [0.5, 0.6) is 0 Å². The number of nitrogens with one attached hydrogen (secondary N) is 1. The average molecular weight is 489 g/mol. The lowest BCUT2D eigenvalue weighted by molar-refractivity contribution is 0.0664. The smallest absolute Gasteiger partial charge is 0.253 e. The summed E-state index contributed by atoms with van der Waals surface area (Å²) in [6.07, 6.45) is 2.59. The molecular formula is C30H28N6O. The molecule has 37 heavy (non-hydrogen) atoms. The first-order chi connectivity index (χ1) is 18.2. The van der Waals surface area contributed by atoms with E-state index in [2.05, 4.69) is 39.3 Å². The van der Waals surface area contributed by atoms with Crippen LogP contribution in [-0.4, -0.2) is 69.1 Å². The number of hydrogen-bond acceptors (Lipinski definition) is 5. The first-order valence-corrected chi connectivity index (χ1v) is 12.6. The molecule has 0 spiro atoms. The maximum atomic E-state index is 13.0. The SMILES string of the molecule is CN1CCN(C(=O)c2ccc(-c3nnc(Cc4c[nH]c5ccccc45)nc3-c3ccccc3)cc2)CC1. The van der Waals surface area contributed by atoms with Gasteiger partial charge in [-0.2, -0.15) is 0 Å². The Kier molecular flexibility index (Phi) is 6.20. The van der Waals surface area contributed by atoms with E-state index in [4.69, 9.17) is 4.98 Å². The maximum absolute atomic E-state index is 13.0. The molecule has 1 aliphatic heterocycles. The zero-order valence-electron chi connectivity index (χ0n) is 20.8. The van der Waals surface area contributed by atoms with Gasteiger partial charge < -0.3 is 14.8 Å². The lowest BCUT2D eigenvalue weighted by Crippen LogP contribution is -2.47. The van der Waals surface area contributed by atoms with E-state index in [1.807, 2.05) is 77.8 Å². The third-order valence-electron chi connectivity index (χ3n) is 7.00. The Bertz CT molecular complexity index is 1540. The molecule has 3 aromatic carbocycles. The Morgan fingerprint density at radius 2 is 1.51 bits per heavy atom. The van der Waals surface area contributed by atoms with E-state index < -0.39 is 0 Å². The number of nitrogens with zero attached hydrogens (tertiary/aromatic N) is 5. The predicted molar refractivity (Wildman–Crippen MR) is 145 cm³/mol. The standard InChI is InChI=1S/C30H28N6O/c1-35-15-17-36(18-16-35)30(37)23-13-11-22(12-14-23)29-28(21-7-3-2-4-8-21)32-27(33-34-29)19-24-20-31-26-10-6-5-9-25(24)26/h2-14,20,31H,15-19H2,1H3. The van der Waals surface area contributed by atoms with Gasteiger partial charge >= 0.3 is 0 Å². The lowest BCUT2D eigenvalue weighted by Gasteiger charge is -2.32. The molecule has 0 bridgehead atoms. The van der Waals surface area contributed by atoms with Crippen LogP contribution in [0, 0.1) is 0 Å². The Morgan fingerprint density at radius 1 is 0.811 bits per heavy atom. The number of carbonyl (C=O) groups is 1. The van der Waals surface area contributed by atoms with E-state index in [0.29, 0.717) is 23.5 Å². The molecule has 0 radical (unpaired) electrons. The minimum atomic E-state index is 0.0706. The highest BCUT2D eigenvalue weighted by Gasteiger charge is 2.21. The van der Waals surface area contributed by atoms with E-state index in [0.717, 1.165) is 59.5 Å². The number of piperazine rings is 1. The van der Waals surface area contributed by atoms with Crippen molar-refractivity contribution in [1.29, 1.82) is 0 Å². The molecular weight excluding hydrogens is 460 g/mol. The van der Waals surface area contributed by atoms with Crippen molar-refractivity contribution in [2.75, 3.05) is 33.2 Å². The summed E-state index contributed by atoms with van der Waals surface area (Å²) in [5.41, 5.74) is 6.26. The Morgan fingerprint density at radius 3 is 2.30 bits per heavy atom. The Hall–Kier alpha value is -4.36. The quantitative estimate of drug-likeness (QED) is 0.389. The van der Waals surface area contributed by atoms with Gasteiger partial charge in [0.15, 0.2) is 5.82 Å². The van der Waals surface area contributed by atoms with E-state index in [-0.39, 0.29) is 5.91 Å². The normalized spacial score (nSPS) is 14.2. The fourth-order valence-corrected chi connectivity index (χ4v) is 4.84. The summed E-state index contributed by atoms with van der Waals surface area (Å²) in [6.45, 7) is 3.30.